The van der Waals surface area contributed by atoms with Gasteiger partial charge in [-0.25, -0.2) is 0 Å². The summed E-state index contributed by atoms with van der Waals surface area (Å²) in [7, 11) is 1.81. The summed E-state index contributed by atoms with van der Waals surface area (Å²) in [4.78, 5) is 14.4. The molecule has 0 spiro atoms. The molecule has 112 valence electrons. The first-order valence-corrected chi connectivity index (χ1v) is 7.29. The molecule has 1 saturated heterocycles. The summed E-state index contributed by atoms with van der Waals surface area (Å²) < 4.78 is 7.03. The largest absolute Gasteiger partial charge is 0.380 e. The van der Waals surface area contributed by atoms with Crippen LogP contribution in [0.4, 0.5) is 0 Å². The number of likely N-dealkylation sites (tertiary alicyclic amines) is 1. The molecule has 1 aliphatic heterocycles. The highest BCUT2D eigenvalue weighted by Crippen LogP contribution is 2.10. The molecular formula is C14H24N4O2. The van der Waals surface area contributed by atoms with E-state index >= 15 is 0 Å². The third-order valence-corrected chi connectivity index (χ3v) is 3.54. The fourth-order valence-corrected chi connectivity index (χ4v) is 2.51. The average Bonchev–Trinajstić information content (AvgIpc) is 2.86. The van der Waals surface area contributed by atoms with Crippen LogP contribution in [-0.2, 0) is 11.8 Å². The lowest BCUT2D eigenvalue weighted by Gasteiger charge is -2.32. The van der Waals surface area contributed by atoms with Gasteiger partial charge in [-0.15, -0.1) is 0 Å². The third kappa shape index (κ3) is 4.31. The Balaban J connectivity index is 1.79. The van der Waals surface area contributed by atoms with E-state index in [4.69, 9.17) is 4.74 Å². The van der Waals surface area contributed by atoms with E-state index in [1.54, 1.807) is 16.9 Å². The van der Waals surface area contributed by atoms with Crippen LogP contribution < -0.4 is 5.32 Å². The van der Waals surface area contributed by atoms with Crippen LogP contribution in [0.1, 0.15) is 30.3 Å². The zero-order chi connectivity index (χ0) is 14.4. The Bertz CT molecular complexity index is 433. The van der Waals surface area contributed by atoms with Gasteiger partial charge in [-0.3, -0.25) is 14.4 Å². The lowest BCUT2D eigenvalue weighted by molar-refractivity contribution is 0.0835. The van der Waals surface area contributed by atoms with Gasteiger partial charge in [0.2, 0.25) is 0 Å². The van der Waals surface area contributed by atoms with Crippen LogP contribution in [0.15, 0.2) is 12.3 Å². The van der Waals surface area contributed by atoms with Crippen molar-refractivity contribution in [3.05, 3.63) is 18.0 Å². The minimum absolute atomic E-state index is 0.0812. The van der Waals surface area contributed by atoms with Gasteiger partial charge in [-0.2, -0.15) is 5.10 Å². The number of ether oxygens (including phenoxy) is 1. The lowest BCUT2D eigenvalue weighted by atomic mass is 10.1. The third-order valence-electron chi connectivity index (χ3n) is 3.54. The van der Waals surface area contributed by atoms with E-state index in [2.05, 4.69) is 15.3 Å². The summed E-state index contributed by atoms with van der Waals surface area (Å²) in [6.45, 7) is 6.44. The first-order chi connectivity index (χ1) is 9.69. The number of hydrogen-bond donors (Lipinski definition) is 1. The summed E-state index contributed by atoms with van der Waals surface area (Å²) in [5.41, 5.74) is 0.485. The normalized spacial score (nSPS) is 20.0. The van der Waals surface area contributed by atoms with Crippen molar-refractivity contribution in [3.63, 3.8) is 0 Å². The van der Waals surface area contributed by atoms with Crippen LogP contribution in [-0.4, -0.2) is 59.5 Å². The molecule has 6 nitrogen and oxygen atoms in total. The van der Waals surface area contributed by atoms with Crippen molar-refractivity contribution >= 4 is 5.91 Å². The SMILES string of the molecule is CCOCCN1CCCC(NC(=O)c2ccn(C)n2)C1. The number of rotatable bonds is 6. The molecule has 1 aromatic rings. The number of nitrogens with one attached hydrogen (secondary N) is 1. The minimum atomic E-state index is -0.0812. The highest BCUT2D eigenvalue weighted by Gasteiger charge is 2.22. The first-order valence-electron chi connectivity index (χ1n) is 7.29. The van der Waals surface area contributed by atoms with Gasteiger partial charge in [0.1, 0.15) is 5.69 Å². The molecule has 1 aromatic heterocycles. The van der Waals surface area contributed by atoms with Crippen molar-refractivity contribution in [3.8, 4) is 0 Å². The molecule has 1 unspecified atom stereocenters. The van der Waals surface area contributed by atoms with Crippen molar-refractivity contribution in [1.29, 1.82) is 0 Å². The fraction of sp³-hybridized carbons (Fsp3) is 0.714. The summed E-state index contributed by atoms with van der Waals surface area (Å²) in [6.07, 6.45) is 3.92. The van der Waals surface area contributed by atoms with Gasteiger partial charge < -0.3 is 10.1 Å². The van der Waals surface area contributed by atoms with Crippen LogP contribution in [0.25, 0.3) is 0 Å². The number of aryl methyl sites for hydroxylation is 1. The molecule has 2 heterocycles. The van der Waals surface area contributed by atoms with E-state index in [1.807, 2.05) is 14.0 Å². The molecule has 1 N–H and O–H groups in total. The molecule has 0 bridgehead atoms. The minimum Gasteiger partial charge on any atom is -0.380 e. The van der Waals surface area contributed by atoms with Crippen LogP contribution in [0.3, 0.4) is 0 Å². The number of piperidine rings is 1. The van der Waals surface area contributed by atoms with E-state index < -0.39 is 0 Å². The summed E-state index contributed by atoms with van der Waals surface area (Å²) in [5, 5.41) is 7.20. The van der Waals surface area contributed by atoms with Gasteiger partial charge in [-0.05, 0) is 32.4 Å². The first kappa shape index (κ1) is 15.0. The molecule has 0 saturated carbocycles. The van der Waals surface area contributed by atoms with Crippen LogP contribution >= 0.6 is 0 Å². The highest BCUT2D eigenvalue weighted by molar-refractivity contribution is 5.92. The summed E-state index contributed by atoms with van der Waals surface area (Å²) in [5.74, 6) is -0.0812. The second-order valence-electron chi connectivity index (χ2n) is 5.18. The number of aromatic nitrogens is 2. The van der Waals surface area contributed by atoms with E-state index in [0.29, 0.717) is 5.69 Å². The smallest absolute Gasteiger partial charge is 0.272 e. The van der Waals surface area contributed by atoms with Gasteiger partial charge in [-0.1, -0.05) is 0 Å². The Labute approximate surface area is 120 Å². The number of nitrogens with zero attached hydrogens (tertiary/aromatic N) is 3. The van der Waals surface area contributed by atoms with Crippen molar-refractivity contribution in [1.82, 2.24) is 20.0 Å². The Morgan fingerprint density at radius 3 is 3.15 bits per heavy atom. The van der Waals surface area contributed by atoms with Crippen molar-refractivity contribution < 1.29 is 9.53 Å². The lowest BCUT2D eigenvalue weighted by Crippen LogP contribution is -2.48. The highest BCUT2D eigenvalue weighted by atomic mass is 16.5. The van der Waals surface area contributed by atoms with Crippen molar-refractivity contribution in [2.24, 2.45) is 7.05 Å². The van der Waals surface area contributed by atoms with E-state index in [9.17, 15) is 4.79 Å². The maximum Gasteiger partial charge on any atom is 0.272 e. The monoisotopic (exact) mass is 280 g/mol. The Hall–Kier alpha value is -1.40. The molecule has 1 atom stereocenters. The fourth-order valence-electron chi connectivity index (χ4n) is 2.51. The van der Waals surface area contributed by atoms with Crippen LogP contribution in [0.2, 0.25) is 0 Å². The van der Waals surface area contributed by atoms with Gasteiger partial charge in [0.05, 0.1) is 6.61 Å². The van der Waals surface area contributed by atoms with Gasteiger partial charge in [0.25, 0.3) is 5.91 Å². The molecule has 6 heteroatoms. The average molecular weight is 280 g/mol. The standard InChI is InChI=1S/C14H24N4O2/c1-3-20-10-9-18-7-4-5-12(11-18)15-14(19)13-6-8-17(2)16-13/h6,8,12H,3-5,7,9-11H2,1-2H3,(H,15,19). The zero-order valence-corrected chi connectivity index (χ0v) is 12.3. The maximum atomic E-state index is 12.1. The Kier molecular flexibility index (Phi) is 5.55. The quantitative estimate of drug-likeness (QED) is 0.777. The van der Waals surface area contributed by atoms with Crippen molar-refractivity contribution in [2.45, 2.75) is 25.8 Å². The maximum absolute atomic E-state index is 12.1. The van der Waals surface area contributed by atoms with E-state index in [0.717, 1.165) is 45.7 Å². The van der Waals surface area contributed by atoms with E-state index in [-0.39, 0.29) is 11.9 Å². The molecule has 2 rings (SSSR count). The number of carbonyl (C=O) groups is 1. The molecule has 0 radical (unpaired) electrons. The number of carbonyl (C=O) groups excluding carboxylic acids is 1. The Morgan fingerprint density at radius 1 is 1.60 bits per heavy atom. The number of hydrogen-bond acceptors (Lipinski definition) is 4. The van der Waals surface area contributed by atoms with Gasteiger partial charge in [0, 0.05) is 39.0 Å². The van der Waals surface area contributed by atoms with Gasteiger partial charge >= 0.3 is 0 Å². The van der Waals surface area contributed by atoms with E-state index in [1.165, 1.54) is 0 Å². The molecule has 0 aromatic carbocycles. The second kappa shape index (κ2) is 7.40. The zero-order valence-electron chi connectivity index (χ0n) is 12.3. The topological polar surface area (TPSA) is 59.4 Å². The molecule has 1 fully saturated rings. The predicted molar refractivity (Wildman–Crippen MR) is 76.6 cm³/mol. The molecule has 20 heavy (non-hydrogen) atoms. The molecule has 1 aliphatic rings. The molecular weight excluding hydrogens is 256 g/mol. The summed E-state index contributed by atoms with van der Waals surface area (Å²) >= 11 is 0. The second-order valence-corrected chi connectivity index (χ2v) is 5.18. The van der Waals surface area contributed by atoms with Crippen molar-refractivity contribution in [2.75, 3.05) is 32.8 Å². The number of amides is 1. The van der Waals surface area contributed by atoms with Crippen LogP contribution in [0.5, 0.6) is 0 Å². The molecule has 1 amide bonds. The Morgan fingerprint density at radius 2 is 2.45 bits per heavy atom. The van der Waals surface area contributed by atoms with Crippen LogP contribution in [0, 0.1) is 0 Å². The molecule has 0 aliphatic carbocycles. The van der Waals surface area contributed by atoms with Gasteiger partial charge in [0.15, 0.2) is 0 Å². The summed E-state index contributed by atoms with van der Waals surface area (Å²) in [6, 6.07) is 1.95. The predicted octanol–water partition coefficient (Wildman–Crippen LogP) is 0.651.